The molecule has 2 fully saturated rings. The van der Waals surface area contributed by atoms with Crippen molar-refractivity contribution in [3.05, 3.63) is 0 Å². The van der Waals surface area contributed by atoms with Gasteiger partial charge in [-0.1, -0.05) is 12.8 Å². The normalized spacial score (nSPS) is 27.4. The van der Waals surface area contributed by atoms with E-state index in [0.717, 1.165) is 25.7 Å². The van der Waals surface area contributed by atoms with Crippen LogP contribution in [0.15, 0.2) is 0 Å². The van der Waals surface area contributed by atoms with Gasteiger partial charge in [0.25, 0.3) is 0 Å². The molecule has 2 rings (SSSR count). The zero-order chi connectivity index (χ0) is 11.4. The molecule has 1 aliphatic carbocycles. The van der Waals surface area contributed by atoms with E-state index in [1.807, 2.05) is 0 Å². The Morgan fingerprint density at radius 1 is 1.24 bits per heavy atom. The van der Waals surface area contributed by atoms with Gasteiger partial charge in [-0.3, -0.25) is 0 Å². The Labute approximate surface area is 145 Å². The maximum absolute atomic E-state index is 10.5. The van der Waals surface area contributed by atoms with Crippen molar-refractivity contribution in [3.8, 4) is 0 Å². The average Bonchev–Trinajstić information content (AvgIpc) is 2.61. The Balaban J connectivity index is 0.00000144. The van der Waals surface area contributed by atoms with Gasteiger partial charge in [-0.05, 0) is 25.7 Å². The third-order valence-corrected chi connectivity index (χ3v) is 3.67. The average molecular weight is 266 g/mol. The van der Waals surface area contributed by atoms with Crippen molar-refractivity contribution in [3.63, 3.8) is 0 Å². The van der Waals surface area contributed by atoms with Gasteiger partial charge in [0, 0.05) is 18.3 Å². The van der Waals surface area contributed by atoms with E-state index >= 15 is 0 Å². The third-order valence-electron chi connectivity index (χ3n) is 3.67. The first kappa shape index (κ1) is 16.1. The van der Waals surface area contributed by atoms with E-state index in [9.17, 15) is 9.90 Å². The molecular formula is C12H19KO4. The molecule has 1 heterocycles. The summed E-state index contributed by atoms with van der Waals surface area (Å²) in [5.74, 6) is -1.24. The number of aliphatic carboxylic acids is 1. The van der Waals surface area contributed by atoms with E-state index in [2.05, 4.69) is 0 Å². The summed E-state index contributed by atoms with van der Waals surface area (Å²) in [6.45, 7) is 1.28. The minimum atomic E-state index is -0.975. The molecule has 0 bridgehead atoms. The molecule has 1 saturated heterocycles. The van der Waals surface area contributed by atoms with E-state index < -0.39 is 11.8 Å². The number of carbonyl (C=O) groups is 1. The second kappa shape index (κ2) is 7.58. The van der Waals surface area contributed by atoms with Gasteiger partial charge >= 0.3 is 51.4 Å². The van der Waals surface area contributed by atoms with Crippen molar-refractivity contribution < 1.29 is 70.8 Å². The van der Waals surface area contributed by atoms with Crippen LogP contribution in [0.1, 0.15) is 44.9 Å². The predicted molar refractivity (Wildman–Crippen MR) is 55.5 cm³/mol. The van der Waals surface area contributed by atoms with Crippen molar-refractivity contribution in [1.29, 1.82) is 0 Å². The molecule has 0 amide bonds. The number of hydrogen-bond donors (Lipinski definition) is 0. The van der Waals surface area contributed by atoms with E-state index in [4.69, 9.17) is 9.47 Å². The molecule has 2 aliphatic rings. The zero-order valence-electron chi connectivity index (χ0n) is 10.6. The van der Waals surface area contributed by atoms with Crippen LogP contribution in [-0.4, -0.2) is 25.0 Å². The molecule has 0 aromatic carbocycles. The summed E-state index contributed by atoms with van der Waals surface area (Å²) >= 11 is 0. The topological polar surface area (TPSA) is 58.6 Å². The standard InChI is InChI=1S/C12H20O4.K/c13-11(14)6-5-10-4-2-1-3-7-12(10)15-8-9-16-12;/h10H,1-9H2,(H,13,14);/q;+1/p-1. The Hall–Kier alpha value is 1.03. The second-order valence-electron chi connectivity index (χ2n) is 4.72. The molecular weight excluding hydrogens is 247 g/mol. The van der Waals surface area contributed by atoms with Gasteiger partial charge in [-0.2, -0.15) is 0 Å². The second-order valence-corrected chi connectivity index (χ2v) is 4.72. The third kappa shape index (κ3) is 4.26. The molecule has 1 atom stereocenters. The SMILES string of the molecule is O=C([O-])CCC1CCCCCC12OCCO2.[K+]. The largest absolute Gasteiger partial charge is 1.00 e. The summed E-state index contributed by atoms with van der Waals surface area (Å²) < 4.78 is 11.5. The summed E-state index contributed by atoms with van der Waals surface area (Å²) in [5.41, 5.74) is 0. The van der Waals surface area contributed by atoms with Gasteiger partial charge in [0.1, 0.15) is 0 Å². The quantitative estimate of drug-likeness (QED) is 0.546. The van der Waals surface area contributed by atoms with E-state index in [1.54, 1.807) is 0 Å². The van der Waals surface area contributed by atoms with Crippen LogP contribution in [0.2, 0.25) is 0 Å². The zero-order valence-corrected chi connectivity index (χ0v) is 13.7. The smallest absolute Gasteiger partial charge is 0.550 e. The van der Waals surface area contributed by atoms with Crippen LogP contribution in [0.5, 0.6) is 0 Å². The first-order chi connectivity index (χ1) is 7.73. The van der Waals surface area contributed by atoms with Crippen LogP contribution in [0.3, 0.4) is 0 Å². The molecule has 0 radical (unpaired) electrons. The van der Waals surface area contributed by atoms with Crippen molar-refractivity contribution in [2.45, 2.75) is 50.7 Å². The molecule has 0 aromatic rings. The Morgan fingerprint density at radius 3 is 2.59 bits per heavy atom. The Kier molecular flexibility index (Phi) is 7.17. The predicted octanol–water partition coefficient (Wildman–Crippen LogP) is -2.16. The fourth-order valence-electron chi connectivity index (χ4n) is 2.87. The molecule has 0 N–H and O–H groups in total. The van der Waals surface area contributed by atoms with Gasteiger partial charge < -0.3 is 19.4 Å². The van der Waals surface area contributed by atoms with Gasteiger partial charge in [-0.25, -0.2) is 0 Å². The summed E-state index contributed by atoms with van der Waals surface area (Å²) in [6.07, 6.45) is 6.09. The van der Waals surface area contributed by atoms with Crippen LogP contribution in [0.4, 0.5) is 0 Å². The van der Waals surface area contributed by atoms with E-state index in [-0.39, 0.29) is 63.7 Å². The van der Waals surface area contributed by atoms with Crippen molar-refractivity contribution >= 4 is 5.97 Å². The van der Waals surface area contributed by atoms with E-state index in [1.165, 1.54) is 6.42 Å². The summed E-state index contributed by atoms with van der Waals surface area (Å²) in [7, 11) is 0. The Morgan fingerprint density at radius 2 is 1.94 bits per heavy atom. The van der Waals surface area contributed by atoms with Crippen molar-refractivity contribution in [1.82, 2.24) is 0 Å². The van der Waals surface area contributed by atoms with Gasteiger partial charge in [0.05, 0.1) is 13.2 Å². The molecule has 1 aliphatic heterocycles. The van der Waals surface area contributed by atoms with Crippen molar-refractivity contribution in [2.75, 3.05) is 13.2 Å². The van der Waals surface area contributed by atoms with Crippen LogP contribution in [0, 0.1) is 5.92 Å². The number of carbonyl (C=O) groups excluding carboxylic acids is 1. The number of ether oxygens (including phenoxy) is 2. The van der Waals surface area contributed by atoms with Gasteiger partial charge in [-0.15, -0.1) is 0 Å². The molecule has 92 valence electrons. The number of carboxylic acids is 1. The molecule has 1 spiro atoms. The number of rotatable bonds is 3. The van der Waals surface area contributed by atoms with E-state index in [0.29, 0.717) is 19.6 Å². The van der Waals surface area contributed by atoms with Gasteiger partial charge in [0.15, 0.2) is 5.79 Å². The fraction of sp³-hybridized carbons (Fsp3) is 0.917. The molecule has 1 saturated carbocycles. The Bertz CT molecular complexity index is 251. The molecule has 5 heteroatoms. The monoisotopic (exact) mass is 266 g/mol. The first-order valence-corrected chi connectivity index (χ1v) is 6.21. The summed E-state index contributed by atoms with van der Waals surface area (Å²) in [5, 5.41) is 10.5. The number of carboxylic acid groups (broad SMARTS) is 1. The van der Waals surface area contributed by atoms with Crippen molar-refractivity contribution in [2.24, 2.45) is 5.92 Å². The van der Waals surface area contributed by atoms with Crippen LogP contribution in [-0.2, 0) is 14.3 Å². The van der Waals surface area contributed by atoms with Gasteiger partial charge in [0.2, 0.25) is 0 Å². The summed E-state index contributed by atoms with van der Waals surface area (Å²) in [6, 6.07) is 0. The van der Waals surface area contributed by atoms with Crippen LogP contribution < -0.4 is 56.5 Å². The fourth-order valence-corrected chi connectivity index (χ4v) is 2.87. The molecule has 1 unspecified atom stereocenters. The summed E-state index contributed by atoms with van der Waals surface area (Å²) in [4.78, 5) is 10.5. The minimum absolute atomic E-state index is 0. The minimum Gasteiger partial charge on any atom is -0.550 e. The first-order valence-electron chi connectivity index (χ1n) is 6.21. The molecule has 4 nitrogen and oxygen atoms in total. The maximum atomic E-state index is 10.5. The van der Waals surface area contributed by atoms with Crippen LogP contribution >= 0.6 is 0 Å². The van der Waals surface area contributed by atoms with Crippen LogP contribution in [0.25, 0.3) is 0 Å². The number of hydrogen-bond acceptors (Lipinski definition) is 4. The molecule has 17 heavy (non-hydrogen) atoms. The maximum Gasteiger partial charge on any atom is 1.00 e. The molecule has 0 aromatic heterocycles.